The van der Waals surface area contributed by atoms with Gasteiger partial charge in [-0.3, -0.25) is 0 Å². The minimum atomic E-state index is -3.79. The Bertz CT molecular complexity index is 1100. The average molecular weight is 450 g/mol. The lowest BCUT2D eigenvalue weighted by molar-refractivity contribution is 0.0625. The number of allylic oxidation sites excluding steroid dienone is 4. The average Bonchev–Trinajstić information content (AvgIpc) is 2.63. The Labute approximate surface area is 180 Å². The zero-order chi connectivity index (χ0) is 22.9. The van der Waals surface area contributed by atoms with E-state index in [0.29, 0.717) is 23.2 Å². The molecule has 0 saturated carbocycles. The zero-order valence-electron chi connectivity index (χ0n) is 17.4. The van der Waals surface area contributed by atoms with Gasteiger partial charge < -0.3 is 10.6 Å². The first-order chi connectivity index (χ1) is 14.3. The van der Waals surface area contributed by atoms with Crippen LogP contribution in [-0.2, 0) is 15.4 Å². The predicted molar refractivity (Wildman–Crippen MR) is 120 cm³/mol. The van der Waals surface area contributed by atoms with E-state index < -0.39 is 22.1 Å². The smallest absolute Gasteiger partial charge is 0.322 e. The van der Waals surface area contributed by atoms with Gasteiger partial charge in [0.1, 0.15) is 0 Å². The van der Waals surface area contributed by atoms with Crippen LogP contribution in [0.3, 0.4) is 0 Å². The minimum Gasteiger partial charge on any atom is -0.358 e. The van der Waals surface area contributed by atoms with Crippen molar-refractivity contribution in [3.05, 3.63) is 64.7 Å². The summed E-state index contributed by atoms with van der Waals surface area (Å²) in [6, 6.07) is 7.26. The first-order valence-corrected chi connectivity index (χ1v) is 11.2. The summed E-state index contributed by atoms with van der Waals surface area (Å²) in [5, 5.41) is 11.6. The van der Waals surface area contributed by atoms with E-state index in [0.717, 1.165) is 11.0 Å². The monoisotopic (exact) mass is 449 g/mol. The highest BCUT2D eigenvalue weighted by Gasteiger charge is 2.41. The normalized spacial score (nSPS) is 22.1. The molecule has 166 valence electrons. The lowest BCUT2D eigenvalue weighted by Gasteiger charge is -2.27. The second-order valence-corrected chi connectivity index (χ2v) is 9.81. The zero-order valence-corrected chi connectivity index (χ0v) is 18.2. The Kier molecular flexibility index (Phi) is 6.15. The summed E-state index contributed by atoms with van der Waals surface area (Å²) >= 11 is 0. The number of nitrogens with one attached hydrogen (secondary N) is 2. The number of aliphatic imine (C=N–C) groups is 2. The molecule has 1 unspecified atom stereocenters. The maximum Gasteiger partial charge on any atom is 0.322 e. The van der Waals surface area contributed by atoms with E-state index in [1.807, 2.05) is 12.1 Å². The number of nitrogens with two attached hydrogens (primary N) is 1. The van der Waals surface area contributed by atoms with Gasteiger partial charge in [0.25, 0.3) is 0 Å². The van der Waals surface area contributed by atoms with Crippen molar-refractivity contribution in [3.8, 4) is 0 Å². The van der Waals surface area contributed by atoms with Gasteiger partial charge in [0.15, 0.2) is 6.17 Å². The van der Waals surface area contributed by atoms with Gasteiger partial charge in [0.2, 0.25) is 16.0 Å². The molecule has 1 aliphatic heterocycles. The summed E-state index contributed by atoms with van der Waals surface area (Å²) in [4.78, 5) is 7.72. The molecule has 1 aliphatic carbocycles. The number of sulfonamides is 1. The van der Waals surface area contributed by atoms with Crippen molar-refractivity contribution in [1.29, 1.82) is 0 Å². The number of anilines is 1. The summed E-state index contributed by atoms with van der Waals surface area (Å²) < 4.78 is 51.2. The molecule has 0 fully saturated rings. The number of guanidine groups is 1. The second kappa shape index (κ2) is 8.35. The molecular weight excluding hydrogens is 424 g/mol. The number of alkyl halides is 2. The van der Waals surface area contributed by atoms with Crippen molar-refractivity contribution in [2.75, 3.05) is 5.32 Å². The first-order valence-electron chi connectivity index (χ1n) is 9.57. The molecule has 1 heterocycles. The molecule has 7 nitrogen and oxygen atoms in total. The lowest BCUT2D eigenvalue weighted by Crippen LogP contribution is -2.44. The molecule has 0 aromatic heterocycles. The van der Waals surface area contributed by atoms with Crippen molar-refractivity contribution in [2.45, 2.75) is 44.7 Å². The van der Waals surface area contributed by atoms with Crippen LogP contribution in [0.4, 0.5) is 14.5 Å². The number of benzene rings is 1. The number of hydrogen-bond acceptors (Lipinski definition) is 6. The van der Waals surface area contributed by atoms with E-state index in [2.05, 4.69) is 41.4 Å². The van der Waals surface area contributed by atoms with Crippen LogP contribution in [0.25, 0.3) is 0 Å². The maximum absolute atomic E-state index is 14.4. The molecule has 0 radical (unpaired) electrons. The fourth-order valence-corrected chi connectivity index (χ4v) is 3.61. The van der Waals surface area contributed by atoms with Crippen molar-refractivity contribution < 1.29 is 17.2 Å². The Morgan fingerprint density at radius 3 is 2.52 bits per heavy atom. The van der Waals surface area contributed by atoms with Crippen molar-refractivity contribution >= 4 is 27.9 Å². The molecule has 3 rings (SSSR count). The third-order valence-corrected chi connectivity index (χ3v) is 5.25. The SMILES string of the molecule is CC(C)(C)c1ccc(NC2N=C(NC3=CC=CC(=CS(N)(=O)=O)C3)N=CC2(F)F)cc1. The van der Waals surface area contributed by atoms with E-state index >= 15 is 0 Å². The van der Waals surface area contributed by atoms with Crippen LogP contribution in [0.5, 0.6) is 0 Å². The molecule has 2 aliphatic rings. The van der Waals surface area contributed by atoms with Crippen LogP contribution in [0.1, 0.15) is 32.8 Å². The standard InChI is InChI=1S/C21H25F2N5O2S/c1-20(2,3)15-7-9-16(10-8-15)26-18-21(22,23)13-25-19(28-18)27-17-6-4-5-14(11-17)12-31(24,29)30/h4-10,12-13,18,26H,11H2,1-3H3,(H,27,28)(H2,24,29,30). The number of primary sulfonamides is 1. The fraction of sp³-hybridized carbons (Fsp3) is 0.333. The molecule has 1 atom stereocenters. The summed E-state index contributed by atoms with van der Waals surface area (Å²) in [5.74, 6) is -3.29. The Hall–Kier alpha value is -2.85. The molecule has 0 saturated heterocycles. The largest absolute Gasteiger partial charge is 0.358 e. The highest BCUT2D eigenvalue weighted by molar-refractivity contribution is 7.92. The summed E-state index contributed by atoms with van der Waals surface area (Å²) in [5.41, 5.74) is 2.54. The van der Waals surface area contributed by atoms with Crippen LogP contribution in [-0.4, -0.2) is 32.7 Å². The highest BCUT2D eigenvalue weighted by Crippen LogP contribution is 2.27. The summed E-state index contributed by atoms with van der Waals surface area (Å²) in [6.45, 7) is 6.21. The molecule has 0 bridgehead atoms. The molecule has 0 amide bonds. The molecular formula is C21H25F2N5O2S. The van der Waals surface area contributed by atoms with E-state index in [1.54, 1.807) is 30.4 Å². The van der Waals surface area contributed by atoms with Gasteiger partial charge in [-0.05, 0) is 34.8 Å². The van der Waals surface area contributed by atoms with Crippen molar-refractivity contribution in [1.82, 2.24) is 5.32 Å². The van der Waals surface area contributed by atoms with E-state index in [4.69, 9.17) is 5.14 Å². The van der Waals surface area contributed by atoms with Crippen LogP contribution in [0.2, 0.25) is 0 Å². The number of halogens is 2. The fourth-order valence-electron chi connectivity index (χ4n) is 3.02. The second-order valence-electron chi connectivity index (χ2n) is 8.39. The molecule has 10 heteroatoms. The van der Waals surface area contributed by atoms with Gasteiger partial charge in [0, 0.05) is 23.2 Å². The number of nitrogens with zero attached hydrogens (tertiary/aromatic N) is 2. The Morgan fingerprint density at radius 1 is 1.23 bits per heavy atom. The third-order valence-electron chi connectivity index (χ3n) is 4.62. The van der Waals surface area contributed by atoms with Crippen LogP contribution >= 0.6 is 0 Å². The van der Waals surface area contributed by atoms with Gasteiger partial charge >= 0.3 is 5.92 Å². The number of rotatable bonds is 4. The van der Waals surface area contributed by atoms with Gasteiger partial charge in [-0.2, -0.15) is 8.78 Å². The van der Waals surface area contributed by atoms with Gasteiger partial charge in [0.05, 0.1) is 6.21 Å². The predicted octanol–water partition coefficient (Wildman–Crippen LogP) is 3.40. The van der Waals surface area contributed by atoms with Crippen LogP contribution in [0.15, 0.2) is 69.2 Å². The third kappa shape index (κ3) is 6.31. The van der Waals surface area contributed by atoms with Gasteiger partial charge in [-0.25, -0.2) is 23.5 Å². The Balaban J connectivity index is 1.74. The molecule has 1 aromatic carbocycles. The van der Waals surface area contributed by atoms with Crippen molar-refractivity contribution in [3.63, 3.8) is 0 Å². The van der Waals surface area contributed by atoms with E-state index in [1.165, 1.54) is 0 Å². The summed E-state index contributed by atoms with van der Waals surface area (Å²) in [6.07, 6.45) is 4.11. The number of hydrogen-bond donors (Lipinski definition) is 3. The quantitative estimate of drug-likeness (QED) is 0.654. The Morgan fingerprint density at radius 2 is 1.90 bits per heavy atom. The maximum atomic E-state index is 14.4. The van der Waals surface area contributed by atoms with E-state index in [9.17, 15) is 17.2 Å². The first kappa shape index (κ1) is 22.8. The van der Waals surface area contributed by atoms with Crippen LogP contribution in [0, 0.1) is 0 Å². The molecule has 31 heavy (non-hydrogen) atoms. The van der Waals surface area contributed by atoms with Gasteiger partial charge in [-0.15, -0.1) is 0 Å². The highest BCUT2D eigenvalue weighted by atomic mass is 32.2. The van der Waals surface area contributed by atoms with Gasteiger partial charge in [-0.1, -0.05) is 45.1 Å². The lowest BCUT2D eigenvalue weighted by atomic mass is 9.87. The van der Waals surface area contributed by atoms with Crippen LogP contribution < -0.4 is 15.8 Å². The molecule has 4 N–H and O–H groups in total. The molecule has 0 spiro atoms. The molecule has 1 aromatic rings. The minimum absolute atomic E-state index is 0.00811. The van der Waals surface area contributed by atoms with E-state index in [-0.39, 0.29) is 17.8 Å². The van der Waals surface area contributed by atoms with Crippen molar-refractivity contribution in [2.24, 2.45) is 15.1 Å². The summed E-state index contributed by atoms with van der Waals surface area (Å²) in [7, 11) is -3.79. The topological polar surface area (TPSA) is 109 Å².